The van der Waals surface area contributed by atoms with Crippen molar-refractivity contribution < 1.29 is 4.42 Å². The average molecular weight is 892 g/mol. The Bertz CT molecular complexity index is 3850. The topological polar surface area (TPSA) is 16.4 Å². The van der Waals surface area contributed by atoms with Crippen LogP contribution >= 0.6 is 0 Å². The molecule has 0 saturated carbocycles. The number of nitrogens with zero attached hydrogens (tertiary/aromatic N) is 1. The molecule has 12 aromatic rings. The van der Waals surface area contributed by atoms with Gasteiger partial charge in [-0.25, -0.2) is 0 Å². The Balaban J connectivity index is 0.958. The van der Waals surface area contributed by atoms with E-state index in [0.717, 1.165) is 50.1 Å². The number of furan rings is 1. The summed E-state index contributed by atoms with van der Waals surface area (Å²) in [4.78, 5) is 2.43. The number of fused-ring (bicyclic) bond motifs is 9. The van der Waals surface area contributed by atoms with Crippen molar-refractivity contribution in [2.24, 2.45) is 0 Å². The van der Waals surface area contributed by atoms with Crippen LogP contribution in [0.15, 0.2) is 277 Å². The summed E-state index contributed by atoms with van der Waals surface area (Å²) >= 11 is 0. The Morgan fingerprint density at radius 1 is 0.257 bits per heavy atom. The highest BCUT2D eigenvalue weighted by atomic mass is 16.3. The first kappa shape index (κ1) is 40.1. The molecule has 0 unspecified atom stereocenters. The molecule has 14 rings (SSSR count). The van der Waals surface area contributed by atoms with Gasteiger partial charge < -0.3 is 9.32 Å². The zero-order valence-electron chi connectivity index (χ0n) is 38.3. The molecule has 0 aliphatic heterocycles. The minimum Gasteiger partial charge on any atom is -0.456 e. The normalized spacial score (nSPS) is 13.7. The van der Waals surface area contributed by atoms with E-state index in [1.165, 1.54) is 66.8 Å². The molecule has 0 amide bonds. The summed E-state index contributed by atoms with van der Waals surface area (Å²) in [5.41, 5.74) is 21.6. The molecule has 2 aliphatic rings. The molecule has 0 N–H and O–H groups in total. The van der Waals surface area contributed by atoms with E-state index in [-0.39, 0.29) is 0 Å². The molecule has 2 aliphatic carbocycles. The molecule has 0 atom stereocenters. The van der Waals surface area contributed by atoms with Crippen molar-refractivity contribution in [3.63, 3.8) is 0 Å². The lowest BCUT2D eigenvalue weighted by molar-refractivity contribution is 0.669. The zero-order valence-corrected chi connectivity index (χ0v) is 38.3. The zero-order chi connectivity index (χ0) is 46.2. The predicted octanol–water partition coefficient (Wildman–Crippen LogP) is 17.4. The summed E-state index contributed by atoms with van der Waals surface area (Å²) in [5.74, 6) is 0. The largest absolute Gasteiger partial charge is 0.456 e. The highest BCUT2D eigenvalue weighted by molar-refractivity contribution is 6.06. The van der Waals surface area contributed by atoms with Gasteiger partial charge in [0, 0.05) is 27.8 Å². The van der Waals surface area contributed by atoms with Gasteiger partial charge in [-0.3, -0.25) is 0 Å². The van der Waals surface area contributed by atoms with E-state index < -0.39 is 10.8 Å². The van der Waals surface area contributed by atoms with Crippen LogP contribution in [0, 0.1) is 0 Å². The van der Waals surface area contributed by atoms with E-state index in [9.17, 15) is 0 Å². The van der Waals surface area contributed by atoms with Crippen molar-refractivity contribution in [1.29, 1.82) is 0 Å². The Labute approximate surface area is 408 Å². The van der Waals surface area contributed by atoms with E-state index in [1.807, 2.05) is 12.1 Å². The minimum atomic E-state index is -0.537. The summed E-state index contributed by atoms with van der Waals surface area (Å²) in [6.45, 7) is 0. The van der Waals surface area contributed by atoms with Crippen LogP contribution in [0.2, 0.25) is 0 Å². The molecule has 0 fully saturated rings. The molecular weight excluding hydrogens is 847 g/mol. The monoisotopic (exact) mass is 891 g/mol. The number of hydrogen-bond acceptors (Lipinski definition) is 2. The number of para-hydroxylation sites is 1. The molecule has 0 bridgehead atoms. The van der Waals surface area contributed by atoms with Crippen molar-refractivity contribution in [2.75, 3.05) is 4.90 Å². The second kappa shape index (κ2) is 15.8. The van der Waals surface area contributed by atoms with Gasteiger partial charge in [-0.2, -0.15) is 0 Å². The van der Waals surface area contributed by atoms with Gasteiger partial charge in [0.2, 0.25) is 0 Å². The lowest BCUT2D eigenvalue weighted by Gasteiger charge is -2.35. The van der Waals surface area contributed by atoms with E-state index in [4.69, 9.17) is 4.42 Å². The van der Waals surface area contributed by atoms with Crippen molar-refractivity contribution in [1.82, 2.24) is 0 Å². The molecule has 70 heavy (non-hydrogen) atoms. The van der Waals surface area contributed by atoms with E-state index >= 15 is 0 Å². The fourth-order valence-electron chi connectivity index (χ4n) is 12.3. The van der Waals surface area contributed by atoms with Crippen molar-refractivity contribution in [3.8, 4) is 33.4 Å². The molecule has 0 radical (unpaired) electrons. The molecule has 0 spiro atoms. The molecule has 2 heteroatoms. The fraction of sp³-hybridized carbons (Fsp3) is 0.0294. The van der Waals surface area contributed by atoms with Gasteiger partial charge in [0.05, 0.1) is 10.8 Å². The number of hydrogen-bond donors (Lipinski definition) is 0. The van der Waals surface area contributed by atoms with Gasteiger partial charge in [-0.15, -0.1) is 0 Å². The maximum Gasteiger partial charge on any atom is 0.135 e. The van der Waals surface area contributed by atoms with Crippen LogP contribution in [0.25, 0.3) is 55.3 Å². The van der Waals surface area contributed by atoms with Crippen LogP contribution in [-0.2, 0) is 10.8 Å². The molecule has 1 heterocycles. The van der Waals surface area contributed by atoms with E-state index in [1.54, 1.807) is 0 Å². The predicted molar refractivity (Wildman–Crippen MR) is 288 cm³/mol. The Hall–Kier alpha value is -8.98. The van der Waals surface area contributed by atoms with E-state index in [0.29, 0.717) is 0 Å². The Morgan fingerprint density at radius 3 is 1.23 bits per heavy atom. The van der Waals surface area contributed by atoms with Crippen LogP contribution < -0.4 is 4.90 Å². The number of rotatable bonds is 8. The minimum absolute atomic E-state index is 0.494. The molecule has 2 nitrogen and oxygen atoms in total. The highest BCUT2D eigenvalue weighted by Gasteiger charge is 2.47. The number of benzene rings is 11. The van der Waals surface area contributed by atoms with Crippen LogP contribution in [0.4, 0.5) is 17.1 Å². The first-order valence-electron chi connectivity index (χ1n) is 24.2. The maximum absolute atomic E-state index is 6.21. The second-order valence-electron chi connectivity index (χ2n) is 18.7. The summed E-state index contributed by atoms with van der Waals surface area (Å²) < 4.78 is 6.21. The van der Waals surface area contributed by atoms with Crippen LogP contribution in [0.3, 0.4) is 0 Å². The Kier molecular flexibility index (Phi) is 9.06. The third-order valence-electron chi connectivity index (χ3n) is 15.2. The lowest BCUT2D eigenvalue weighted by Crippen LogP contribution is -2.29. The fourth-order valence-corrected chi connectivity index (χ4v) is 12.3. The van der Waals surface area contributed by atoms with Crippen LogP contribution in [0.5, 0.6) is 0 Å². The lowest BCUT2D eigenvalue weighted by atomic mass is 9.67. The summed E-state index contributed by atoms with van der Waals surface area (Å²) in [7, 11) is 0. The van der Waals surface area contributed by atoms with Crippen molar-refractivity contribution in [2.45, 2.75) is 10.8 Å². The smallest absolute Gasteiger partial charge is 0.135 e. The average Bonchev–Trinajstić information content (AvgIpc) is 4.07. The van der Waals surface area contributed by atoms with Gasteiger partial charge in [-0.05, 0) is 132 Å². The van der Waals surface area contributed by atoms with Gasteiger partial charge in [0.25, 0.3) is 0 Å². The molecule has 328 valence electrons. The van der Waals surface area contributed by atoms with Crippen LogP contribution in [-0.4, -0.2) is 0 Å². The van der Waals surface area contributed by atoms with Gasteiger partial charge in [0.1, 0.15) is 11.2 Å². The van der Waals surface area contributed by atoms with Crippen molar-refractivity contribution in [3.05, 3.63) is 317 Å². The van der Waals surface area contributed by atoms with Gasteiger partial charge >= 0.3 is 0 Å². The molecule has 1 aromatic heterocycles. The van der Waals surface area contributed by atoms with Gasteiger partial charge in [0.15, 0.2) is 0 Å². The summed E-state index contributed by atoms with van der Waals surface area (Å²) in [6.07, 6.45) is 0. The Morgan fingerprint density at radius 2 is 0.671 bits per heavy atom. The first-order valence-corrected chi connectivity index (χ1v) is 24.2. The maximum atomic E-state index is 6.21. The number of anilines is 3. The summed E-state index contributed by atoms with van der Waals surface area (Å²) in [5, 5.41) is 2.25. The van der Waals surface area contributed by atoms with Crippen molar-refractivity contribution >= 4 is 39.0 Å². The molecule has 11 aromatic carbocycles. The van der Waals surface area contributed by atoms with E-state index in [2.05, 4.69) is 266 Å². The standard InChI is InChI=1S/C68H45NO/c1-3-18-48(19-4-1)67(61-29-12-7-24-55(61)56-25-8-13-30-62(56)67)50-37-41-53(42-38-50)69(52-39-34-46(35-40-52)47-36-43-66-60(44-47)59-28-11-16-33-65(59)70-66)54-23-17-22-51(45-54)68(49-20-5-2-6-21-49)63-31-14-9-26-57(63)58-27-10-15-32-64(58)68/h1-45H. The third-order valence-corrected chi connectivity index (χ3v) is 15.2. The quantitative estimate of drug-likeness (QED) is 0.151. The summed E-state index contributed by atoms with van der Waals surface area (Å²) in [6, 6.07) is 101. The van der Waals surface area contributed by atoms with Crippen LogP contribution in [0.1, 0.15) is 44.5 Å². The first-order chi connectivity index (χ1) is 34.7. The van der Waals surface area contributed by atoms with Gasteiger partial charge in [-0.1, -0.05) is 218 Å². The highest BCUT2D eigenvalue weighted by Crippen LogP contribution is 2.58. The third kappa shape index (κ3) is 5.80. The second-order valence-corrected chi connectivity index (χ2v) is 18.7. The molecular formula is C68H45NO. The SMILES string of the molecule is c1ccc(C2(c3ccc(N(c4ccc(-c5ccc6oc7ccccc7c6c5)cc4)c4cccc(C5(c6ccccc6)c6ccccc6-c6ccccc65)c4)cc3)c3ccccc3-c3ccccc32)cc1. The molecule has 0 saturated heterocycles.